The number of aromatic nitrogens is 1. The number of guanidine groups is 1. The number of fused-ring (bicyclic) bond motifs is 3. The molecule has 2 aromatic rings. The van der Waals surface area contributed by atoms with Gasteiger partial charge in [0.25, 0.3) is 5.91 Å². The Morgan fingerprint density at radius 3 is 2.72 bits per heavy atom. The number of rotatable bonds is 8. The number of benzene rings is 1. The number of anilines is 1. The van der Waals surface area contributed by atoms with Crippen LogP contribution in [-0.4, -0.2) is 73.8 Å². The summed E-state index contributed by atoms with van der Waals surface area (Å²) >= 11 is 0. The minimum Gasteiger partial charge on any atom is -0.307 e. The number of amides is 1. The summed E-state index contributed by atoms with van der Waals surface area (Å²) in [6, 6.07) is 8.71. The zero-order valence-corrected chi connectivity index (χ0v) is 21.9. The fourth-order valence-corrected chi connectivity index (χ4v) is 5.99. The number of carbonyl (C=O) groups is 1. The first-order valence-corrected chi connectivity index (χ1v) is 13.6. The first-order valence-electron chi connectivity index (χ1n) is 12.2. The van der Waals surface area contributed by atoms with E-state index in [4.69, 9.17) is 0 Å². The fraction of sp³-hybridized carbons (Fsp3) is 0.423. The van der Waals surface area contributed by atoms with Crippen molar-refractivity contribution in [2.24, 2.45) is 4.99 Å². The van der Waals surface area contributed by atoms with E-state index >= 15 is 0 Å². The summed E-state index contributed by atoms with van der Waals surface area (Å²) in [6.45, 7) is 5.62. The Balaban J connectivity index is 1.46. The average Bonchev–Trinajstić information content (AvgIpc) is 3.41. The summed E-state index contributed by atoms with van der Waals surface area (Å²) in [4.78, 5) is 28.7. The molecule has 1 aliphatic carbocycles. The largest absolute Gasteiger partial charge is 0.307 e. The smallest absolute Gasteiger partial charge is 0.263 e. The third-order valence-corrected chi connectivity index (χ3v) is 8.37. The van der Waals surface area contributed by atoms with Crippen LogP contribution >= 0.6 is 0 Å². The highest BCUT2D eigenvalue weighted by Crippen LogP contribution is 2.38. The van der Waals surface area contributed by atoms with E-state index in [0.29, 0.717) is 30.3 Å². The van der Waals surface area contributed by atoms with Gasteiger partial charge in [-0.2, -0.15) is 0 Å². The lowest BCUT2D eigenvalue weighted by atomic mass is 10.1. The van der Waals surface area contributed by atoms with Gasteiger partial charge < -0.3 is 9.80 Å². The average molecular weight is 509 g/mol. The molecule has 0 spiro atoms. The van der Waals surface area contributed by atoms with Crippen molar-refractivity contribution in [1.29, 1.82) is 0 Å². The Bertz CT molecular complexity index is 1360. The Kier molecular flexibility index (Phi) is 6.22. The molecular formula is C26H32N6O3S. The van der Waals surface area contributed by atoms with Crippen molar-refractivity contribution in [3.8, 4) is 0 Å². The highest BCUT2D eigenvalue weighted by Gasteiger charge is 2.43. The first kappa shape index (κ1) is 24.6. The van der Waals surface area contributed by atoms with Gasteiger partial charge in [0.1, 0.15) is 0 Å². The first-order chi connectivity index (χ1) is 17.1. The minimum absolute atomic E-state index is 0.0577. The zero-order chi connectivity index (χ0) is 25.7. The minimum atomic E-state index is -3.73. The molecule has 0 unspecified atom stereocenters. The molecule has 1 saturated carbocycles. The Hall–Kier alpha value is -3.08. The van der Waals surface area contributed by atoms with E-state index in [-0.39, 0.29) is 16.8 Å². The summed E-state index contributed by atoms with van der Waals surface area (Å²) in [7, 11) is 0.270. The highest BCUT2D eigenvalue weighted by atomic mass is 32.2. The van der Waals surface area contributed by atoms with E-state index in [0.717, 1.165) is 30.6 Å². The summed E-state index contributed by atoms with van der Waals surface area (Å²) in [6.07, 6.45) is 7.36. The SMILES string of the molecule is C[C@@H]1CN=C2N(Cc3ccnc(/C=C/CN(C)C)c3)C(=O)c3cc(S(=O)(=O)NC4(C)CC4)ccc3N21. The van der Waals surface area contributed by atoms with E-state index in [1.165, 1.54) is 6.07 Å². The number of pyridine rings is 1. The van der Waals surface area contributed by atoms with Crippen LogP contribution in [-0.2, 0) is 16.6 Å². The molecule has 1 atom stereocenters. The van der Waals surface area contributed by atoms with E-state index in [9.17, 15) is 13.2 Å². The lowest BCUT2D eigenvalue weighted by Gasteiger charge is -2.38. The Labute approximate surface area is 212 Å². The van der Waals surface area contributed by atoms with Crippen molar-refractivity contribution < 1.29 is 13.2 Å². The van der Waals surface area contributed by atoms with Gasteiger partial charge in [-0.05, 0) is 82.8 Å². The van der Waals surface area contributed by atoms with Crippen LogP contribution in [0.2, 0.25) is 0 Å². The normalized spacial score (nSPS) is 20.6. The van der Waals surface area contributed by atoms with Gasteiger partial charge in [-0.1, -0.05) is 6.08 Å². The molecule has 1 aromatic carbocycles. The topological polar surface area (TPSA) is 98.2 Å². The number of hydrogen-bond donors (Lipinski definition) is 1. The van der Waals surface area contributed by atoms with Gasteiger partial charge in [-0.3, -0.25) is 19.7 Å². The summed E-state index contributed by atoms with van der Waals surface area (Å²) in [5.74, 6) is 0.339. The summed E-state index contributed by atoms with van der Waals surface area (Å²) in [5, 5.41) is 0. The monoisotopic (exact) mass is 508 g/mol. The molecule has 2 aliphatic heterocycles. The summed E-state index contributed by atoms with van der Waals surface area (Å²) in [5.41, 5.74) is 2.39. The maximum Gasteiger partial charge on any atom is 0.263 e. The van der Waals surface area contributed by atoms with Crippen molar-refractivity contribution >= 4 is 33.7 Å². The van der Waals surface area contributed by atoms with Crippen LogP contribution in [0.25, 0.3) is 6.08 Å². The number of likely N-dealkylation sites (N-methyl/N-ethyl adjacent to an activating group) is 1. The van der Waals surface area contributed by atoms with Crippen molar-refractivity contribution in [3.05, 3.63) is 59.4 Å². The number of sulfonamides is 1. The van der Waals surface area contributed by atoms with Gasteiger partial charge in [-0.15, -0.1) is 0 Å². The van der Waals surface area contributed by atoms with Gasteiger partial charge in [0.15, 0.2) is 0 Å². The molecule has 9 nitrogen and oxygen atoms in total. The van der Waals surface area contributed by atoms with Crippen molar-refractivity contribution in [2.45, 2.75) is 49.7 Å². The van der Waals surface area contributed by atoms with Crippen LogP contribution in [0, 0.1) is 0 Å². The summed E-state index contributed by atoms with van der Waals surface area (Å²) < 4.78 is 28.8. The molecule has 3 heterocycles. The second-order valence-electron chi connectivity index (χ2n) is 10.3. The van der Waals surface area contributed by atoms with Gasteiger partial charge in [0, 0.05) is 18.3 Å². The fourth-order valence-electron chi connectivity index (χ4n) is 4.50. The molecule has 0 radical (unpaired) electrons. The zero-order valence-electron chi connectivity index (χ0n) is 21.1. The molecule has 36 heavy (non-hydrogen) atoms. The van der Waals surface area contributed by atoms with Gasteiger partial charge >= 0.3 is 0 Å². The van der Waals surface area contributed by atoms with Crippen LogP contribution in [0.3, 0.4) is 0 Å². The van der Waals surface area contributed by atoms with Gasteiger partial charge in [-0.25, -0.2) is 13.1 Å². The van der Waals surface area contributed by atoms with Gasteiger partial charge in [0.05, 0.1) is 41.0 Å². The quantitative estimate of drug-likeness (QED) is 0.589. The lowest BCUT2D eigenvalue weighted by Crippen LogP contribution is -2.52. The van der Waals surface area contributed by atoms with E-state index in [2.05, 4.69) is 26.5 Å². The van der Waals surface area contributed by atoms with Crippen LogP contribution in [0.1, 0.15) is 48.3 Å². The lowest BCUT2D eigenvalue weighted by molar-refractivity contribution is 0.0832. The van der Waals surface area contributed by atoms with Crippen molar-refractivity contribution in [1.82, 2.24) is 19.5 Å². The molecule has 10 heteroatoms. The standard InChI is InChI=1S/C26H32N6O3S/c1-18-16-28-25-31(17-19-9-12-27-20(14-19)6-5-13-30(3)4)24(33)22-15-21(7-8-23(22)32(18)25)36(34,35)29-26(2)10-11-26/h5-9,12,14-15,18,29H,10-11,13,16-17H2,1-4H3/b6-5+/t18-/m1/s1. The predicted octanol–water partition coefficient (Wildman–Crippen LogP) is 2.71. The number of nitrogens with one attached hydrogen (secondary N) is 1. The van der Waals surface area contributed by atoms with Crippen LogP contribution in [0.4, 0.5) is 5.69 Å². The van der Waals surface area contributed by atoms with Crippen LogP contribution in [0.5, 0.6) is 0 Å². The molecule has 5 rings (SSSR count). The molecule has 1 fully saturated rings. The molecule has 1 amide bonds. The number of carbonyl (C=O) groups excluding carboxylic acids is 1. The van der Waals surface area contributed by atoms with Gasteiger partial charge in [0.2, 0.25) is 16.0 Å². The number of hydrogen-bond acceptors (Lipinski definition) is 7. The van der Waals surface area contributed by atoms with Crippen LogP contribution in [0.15, 0.2) is 52.5 Å². The number of aliphatic imine (C=N–C) groups is 1. The molecule has 1 N–H and O–H groups in total. The Morgan fingerprint density at radius 1 is 1.22 bits per heavy atom. The predicted molar refractivity (Wildman–Crippen MR) is 140 cm³/mol. The second-order valence-corrected chi connectivity index (χ2v) is 12.0. The molecule has 3 aliphatic rings. The molecule has 0 saturated heterocycles. The maximum absolute atomic E-state index is 13.7. The highest BCUT2D eigenvalue weighted by molar-refractivity contribution is 7.89. The second kappa shape index (κ2) is 9.10. The van der Waals surface area contributed by atoms with E-state index in [1.807, 2.05) is 50.2 Å². The molecule has 190 valence electrons. The van der Waals surface area contributed by atoms with E-state index < -0.39 is 15.6 Å². The van der Waals surface area contributed by atoms with Crippen LogP contribution < -0.4 is 9.62 Å². The van der Waals surface area contributed by atoms with Crippen molar-refractivity contribution in [2.75, 3.05) is 32.1 Å². The molecule has 1 aromatic heterocycles. The molecule has 0 bridgehead atoms. The van der Waals surface area contributed by atoms with Crippen molar-refractivity contribution in [3.63, 3.8) is 0 Å². The number of nitrogens with zero attached hydrogens (tertiary/aromatic N) is 5. The molecular weight excluding hydrogens is 476 g/mol. The third kappa shape index (κ3) is 4.80. The third-order valence-electron chi connectivity index (χ3n) is 6.73. The van der Waals surface area contributed by atoms with E-state index in [1.54, 1.807) is 23.2 Å². The Morgan fingerprint density at radius 2 is 2.00 bits per heavy atom. The maximum atomic E-state index is 13.7.